The van der Waals surface area contributed by atoms with Crippen LogP contribution in [0, 0.1) is 34.0 Å². The van der Waals surface area contributed by atoms with E-state index >= 15 is 0 Å². The molecule has 0 bridgehead atoms. The average molecular weight is 261 g/mol. The summed E-state index contributed by atoms with van der Waals surface area (Å²) in [4.78, 5) is 12.0. The largest absolute Gasteiger partial charge is 0.319 e. The van der Waals surface area contributed by atoms with Gasteiger partial charge in [0, 0.05) is 5.41 Å². The number of carbonyl (C=O) groups is 1. The second-order valence-electron chi connectivity index (χ2n) is 4.66. The molecule has 18 heavy (non-hydrogen) atoms. The van der Waals surface area contributed by atoms with Gasteiger partial charge in [-0.15, -0.1) is 11.8 Å². The van der Waals surface area contributed by atoms with Gasteiger partial charge in [0.05, 0.1) is 22.7 Å². The van der Waals surface area contributed by atoms with Gasteiger partial charge in [-0.3, -0.25) is 4.79 Å². The predicted molar refractivity (Wildman–Crippen MR) is 68.9 cm³/mol. The highest BCUT2D eigenvalue weighted by Crippen LogP contribution is 2.53. The topological polar surface area (TPSA) is 76.7 Å². The van der Waals surface area contributed by atoms with Gasteiger partial charge in [-0.05, 0) is 18.6 Å². The van der Waals surface area contributed by atoms with E-state index in [0.717, 1.165) is 31.4 Å². The lowest BCUT2D eigenvalue weighted by Crippen LogP contribution is -2.46. The number of hydrogen-bond donors (Lipinski definition) is 1. The Morgan fingerprint density at radius 2 is 2.11 bits per heavy atom. The molecule has 1 heterocycles. The molecule has 1 N–H and O–H groups in total. The number of rotatable bonds is 2. The van der Waals surface area contributed by atoms with Crippen LogP contribution in [-0.4, -0.2) is 11.7 Å². The molecule has 0 saturated heterocycles. The van der Waals surface area contributed by atoms with Crippen molar-refractivity contribution in [2.45, 2.75) is 32.6 Å². The van der Waals surface area contributed by atoms with Gasteiger partial charge in [-0.1, -0.05) is 19.8 Å². The first-order chi connectivity index (χ1) is 8.69. The molecule has 2 aliphatic rings. The summed E-state index contributed by atoms with van der Waals surface area (Å²) in [6.45, 7) is 1.98. The van der Waals surface area contributed by atoms with Gasteiger partial charge in [0.25, 0.3) is 0 Å². The lowest BCUT2D eigenvalue weighted by Gasteiger charge is -2.37. The maximum atomic E-state index is 12.0. The monoisotopic (exact) mass is 261 g/mol. The van der Waals surface area contributed by atoms with E-state index in [0.29, 0.717) is 10.6 Å². The minimum Gasteiger partial charge on any atom is -0.319 e. The molecule has 0 aromatic rings. The van der Waals surface area contributed by atoms with E-state index in [1.807, 2.05) is 6.92 Å². The molecule has 1 aliphatic heterocycles. The van der Waals surface area contributed by atoms with Crippen molar-refractivity contribution in [2.24, 2.45) is 11.3 Å². The van der Waals surface area contributed by atoms with Crippen molar-refractivity contribution in [1.82, 2.24) is 5.32 Å². The fourth-order valence-electron chi connectivity index (χ4n) is 3.01. The fourth-order valence-corrected chi connectivity index (χ4v) is 3.86. The Bertz CT molecular complexity index is 477. The van der Waals surface area contributed by atoms with Crippen LogP contribution < -0.4 is 5.32 Å². The van der Waals surface area contributed by atoms with Crippen molar-refractivity contribution in [3.05, 3.63) is 10.6 Å². The van der Waals surface area contributed by atoms with Crippen LogP contribution in [0.5, 0.6) is 0 Å². The van der Waals surface area contributed by atoms with Crippen LogP contribution in [0.4, 0.5) is 0 Å². The summed E-state index contributed by atoms with van der Waals surface area (Å²) >= 11 is 1.48. The second kappa shape index (κ2) is 5.04. The molecule has 1 aliphatic carbocycles. The van der Waals surface area contributed by atoms with Crippen molar-refractivity contribution in [3.8, 4) is 12.1 Å². The quantitative estimate of drug-likeness (QED) is 0.827. The van der Waals surface area contributed by atoms with Crippen molar-refractivity contribution in [2.75, 3.05) is 5.75 Å². The Morgan fingerprint density at radius 3 is 2.61 bits per heavy atom. The molecule has 1 amide bonds. The molecule has 0 unspecified atom stereocenters. The smallest absolute Gasteiger partial charge is 0.243 e. The van der Waals surface area contributed by atoms with E-state index in [2.05, 4.69) is 17.5 Å². The maximum absolute atomic E-state index is 12.0. The average Bonchev–Trinajstić information content (AvgIpc) is 2.80. The van der Waals surface area contributed by atoms with Crippen LogP contribution in [0.25, 0.3) is 0 Å². The van der Waals surface area contributed by atoms with E-state index in [-0.39, 0.29) is 5.91 Å². The first kappa shape index (κ1) is 13.0. The molecule has 1 atom stereocenters. The fraction of sp³-hybridized carbons (Fsp3) is 0.615. The highest BCUT2D eigenvalue weighted by Gasteiger charge is 2.52. The first-order valence-electron chi connectivity index (χ1n) is 6.17. The molecular formula is C13H15N3OS. The summed E-state index contributed by atoms with van der Waals surface area (Å²) < 4.78 is 0. The van der Waals surface area contributed by atoms with Gasteiger partial charge < -0.3 is 5.32 Å². The molecular weight excluding hydrogens is 246 g/mol. The van der Waals surface area contributed by atoms with Crippen LogP contribution in [-0.2, 0) is 4.79 Å². The highest BCUT2D eigenvalue weighted by molar-refractivity contribution is 8.03. The number of thioether (sulfide) groups is 1. The van der Waals surface area contributed by atoms with E-state index in [1.54, 1.807) is 0 Å². The van der Waals surface area contributed by atoms with E-state index < -0.39 is 11.3 Å². The Balaban J connectivity index is 2.54. The minimum atomic E-state index is -0.712. The highest BCUT2D eigenvalue weighted by atomic mass is 32.2. The van der Waals surface area contributed by atoms with Crippen LogP contribution in [0.3, 0.4) is 0 Å². The Labute approximate surface area is 111 Å². The summed E-state index contributed by atoms with van der Waals surface area (Å²) in [5, 5.41) is 22.1. The summed E-state index contributed by atoms with van der Waals surface area (Å²) in [6, 6.07) is 4.36. The third kappa shape index (κ3) is 1.79. The lowest BCUT2D eigenvalue weighted by atomic mass is 9.67. The lowest BCUT2D eigenvalue weighted by molar-refractivity contribution is -0.126. The Morgan fingerprint density at radius 1 is 1.44 bits per heavy atom. The molecule has 1 fully saturated rings. The van der Waals surface area contributed by atoms with Gasteiger partial charge in [0.15, 0.2) is 0 Å². The molecule has 1 saturated carbocycles. The summed E-state index contributed by atoms with van der Waals surface area (Å²) in [7, 11) is 0. The van der Waals surface area contributed by atoms with Crippen LogP contribution in [0.15, 0.2) is 10.6 Å². The number of nitrogens with one attached hydrogen (secondary N) is 1. The molecule has 0 aromatic heterocycles. The van der Waals surface area contributed by atoms with Crippen molar-refractivity contribution in [3.63, 3.8) is 0 Å². The van der Waals surface area contributed by atoms with Gasteiger partial charge >= 0.3 is 0 Å². The number of amides is 1. The SMILES string of the molecule is CCSC1=C(C#N)C2(CCCC2)[C@@H](C#N)C(=O)N1. The van der Waals surface area contributed by atoms with Gasteiger partial charge in [-0.25, -0.2) is 0 Å². The Kier molecular flexibility index (Phi) is 3.63. The van der Waals surface area contributed by atoms with Crippen molar-refractivity contribution in [1.29, 1.82) is 10.5 Å². The third-order valence-electron chi connectivity index (χ3n) is 3.80. The Hall–Kier alpha value is -1.46. The molecule has 4 nitrogen and oxygen atoms in total. The van der Waals surface area contributed by atoms with E-state index in [4.69, 9.17) is 0 Å². The molecule has 2 rings (SSSR count). The number of carbonyl (C=O) groups excluding carboxylic acids is 1. The van der Waals surface area contributed by atoms with E-state index in [9.17, 15) is 15.3 Å². The summed E-state index contributed by atoms with van der Waals surface area (Å²) in [5.74, 6) is -0.154. The normalized spacial score (nSPS) is 25.7. The maximum Gasteiger partial charge on any atom is 0.243 e. The van der Waals surface area contributed by atoms with Crippen LogP contribution in [0.1, 0.15) is 32.6 Å². The predicted octanol–water partition coefficient (Wildman–Crippen LogP) is 2.30. The molecule has 5 heteroatoms. The number of nitrogens with zero attached hydrogens (tertiary/aromatic N) is 2. The van der Waals surface area contributed by atoms with Gasteiger partial charge in [-0.2, -0.15) is 10.5 Å². The van der Waals surface area contributed by atoms with Crippen molar-refractivity contribution < 1.29 is 4.79 Å². The standard InChI is InChI=1S/C13H15N3OS/c1-2-18-12-10(8-15)13(5-3-4-6-13)9(7-14)11(17)16-12/h9H,2-6H2,1H3,(H,16,17)/t9-/m0/s1. The number of hydrogen-bond acceptors (Lipinski definition) is 4. The first-order valence-corrected chi connectivity index (χ1v) is 7.16. The zero-order valence-corrected chi connectivity index (χ0v) is 11.1. The van der Waals surface area contributed by atoms with Crippen molar-refractivity contribution >= 4 is 17.7 Å². The second-order valence-corrected chi connectivity index (χ2v) is 5.94. The van der Waals surface area contributed by atoms with Gasteiger partial charge in [0.2, 0.25) is 5.91 Å². The molecule has 94 valence electrons. The van der Waals surface area contributed by atoms with Crippen LogP contribution in [0.2, 0.25) is 0 Å². The third-order valence-corrected chi connectivity index (χ3v) is 4.69. The zero-order chi connectivity index (χ0) is 13.2. The number of nitriles is 2. The molecule has 1 spiro atoms. The summed E-state index contributed by atoms with van der Waals surface area (Å²) in [6.07, 6.45) is 3.52. The number of allylic oxidation sites excluding steroid dienone is 1. The molecule has 0 aromatic carbocycles. The minimum absolute atomic E-state index is 0.241. The van der Waals surface area contributed by atoms with Crippen LogP contribution >= 0.6 is 11.8 Å². The van der Waals surface area contributed by atoms with E-state index in [1.165, 1.54) is 11.8 Å². The molecule has 0 radical (unpaired) electrons. The van der Waals surface area contributed by atoms with Gasteiger partial charge in [0.1, 0.15) is 5.92 Å². The summed E-state index contributed by atoms with van der Waals surface area (Å²) in [5.41, 5.74) is 0.0987. The zero-order valence-electron chi connectivity index (χ0n) is 10.3.